The van der Waals surface area contributed by atoms with Crippen LogP contribution in [0.25, 0.3) is 0 Å². The van der Waals surface area contributed by atoms with Crippen molar-refractivity contribution in [3.05, 3.63) is 70.3 Å². The summed E-state index contributed by atoms with van der Waals surface area (Å²) in [7, 11) is 0. The van der Waals surface area contributed by atoms with Gasteiger partial charge in [-0.25, -0.2) is 0 Å². The van der Waals surface area contributed by atoms with E-state index in [2.05, 4.69) is 36.4 Å². The Kier molecular flexibility index (Phi) is 4.47. The van der Waals surface area contributed by atoms with E-state index in [0.29, 0.717) is 12.8 Å². The van der Waals surface area contributed by atoms with Crippen molar-refractivity contribution in [1.29, 1.82) is 0 Å². The van der Waals surface area contributed by atoms with Crippen molar-refractivity contribution in [2.24, 2.45) is 0 Å². The maximum Gasteiger partial charge on any atom is 0.163 e. The number of carbonyl (C=O) groups excluding carboxylic acids is 2. The first-order valence-corrected chi connectivity index (χ1v) is 7.93. The van der Waals surface area contributed by atoms with E-state index in [0.717, 1.165) is 43.1 Å². The van der Waals surface area contributed by atoms with Crippen LogP contribution in [0.5, 0.6) is 0 Å². The van der Waals surface area contributed by atoms with Gasteiger partial charge in [-0.1, -0.05) is 36.4 Å². The van der Waals surface area contributed by atoms with Crippen LogP contribution in [0.15, 0.2) is 42.5 Å². The van der Waals surface area contributed by atoms with E-state index in [4.69, 9.17) is 0 Å². The first kappa shape index (κ1) is 14.7. The van der Waals surface area contributed by atoms with Gasteiger partial charge in [-0.2, -0.15) is 0 Å². The Morgan fingerprint density at radius 3 is 2.14 bits per heavy atom. The van der Waals surface area contributed by atoms with Crippen LogP contribution in [-0.4, -0.2) is 12.1 Å². The number of rotatable bonds is 4. The topological polar surface area (TPSA) is 34.1 Å². The summed E-state index contributed by atoms with van der Waals surface area (Å²) in [5.74, 6) is 0.0925. The lowest BCUT2D eigenvalue weighted by Crippen LogP contribution is -2.08. The predicted molar refractivity (Wildman–Crippen MR) is 87.3 cm³/mol. The van der Waals surface area contributed by atoms with Crippen LogP contribution in [0.1, 0.15) is 45.5 Å². The maximum atomic E-state index is 12.4. The molecule has 0 amide bonds. The second-order valence-electron chi connectivity index (χ2n) is 5.94. The van der Waals surface area contributed by atoms with Gasteiger partial charge in [0.1, 0.15) is 6.29 Å². The molecule has 0 atom stereocenters. The average molecular weight is 292 g/mol. The molecule has 2 aromatic rings. The van der Waals surface area contributed by atoms with Gasteiger partial charge in [-0.05, 0) is 54.0 Å². The highest BCUT2D eigenvalue weighted by Crippen LogP contribution is 2.20. The van der Waals surface area contributed by atoms with E-state index in [-0.39, 0.29) is 5.78 Å². The summed E-state index contributed by atoms with van der Waals surface area (Å²) in [5.41, 5.74) is 5.75. The molecule has 0 N–H and O–H groups in total. The largest absolute Gasteiger partial charge is 0.303 e. The number of aryl methyl sites for hydroxylation is 4. The SMILES string of the molecule is O=CCCC(=O)c1cc2ccc1CCc1ccc(cc1)CC2. The number of hydrogen-bond donors (Lipinski definition) is 0. The Labute approximate surface area is 131 Å². The van der Waals surface area contributed by atoms with Crippen LogP contribution in [0.4, 0.5) is 0 Å². The maximum absolute atomic E-state index is 12.4. The minimum Gasteiger partial charge on any atom is -0.303 e. The van der Waals surface area contributed by atoms with Crippen LogP contribution in [0, 0.1) is 0 Å². The highest BCUT2D eigenvalue weighted by Gasteiger charge is 2.13. The molecule has 0 saturated heterocycles. The minimum absolute atomic E-state index is 0.0925. The zero-order valence-corrected chi connectivity index (χ0v) is 12.7. The number of aldehydes is 1. The Morgan fingerprint density at radius 2 is 1.45 bits per heavy atom. The third-order valence-electron chi connectivity index (χ3n) is 4.37. The summed E-state index contributed by atoms with van der Waals surface area (Å²) in [4.78, 5) is 22.9. The molecule has 0 aliphatic heterocycles. The fourth-order valence-corrected chi connectivity index (χ4v) is 3.02. The molecule has 2 nitrogen and oxygen atoms in total. The number of hydrogen-bond acceptors (Lipinski definition) is 2. The van der Waals surface area contributed by atoms with E-state index in [1.165, 1.54) is 16.7 Å². The van der Waals surface area contributed by atoms with Gasteiger partial charge in [0.25, 0.3) is 0 Å². The highest BCUT2D eigenvalue weighted by atomic mass is 16.1. The number of benzene rings is 2. The highest BCUT2D eigenvalue weighted by molar-refractivity contribution is 5.98. The van der Waals surface area contributed by atoms with Gasteiger partial charge in [-0.3, -0.25) is 4.79 Å². The van der Waals surface area contributed by atoms with E-state index >= 15 is 0 Å². The van der Waals surface area contributed by atoms with Crippen molar-refractivity contribution in [1.82, 2.24) is 0 Å². The van der Waals surface area contributed by atoms with Gasteiger partial charge in [0.2, 0.25) is 0 Å². The molecule has 2 heteroatoms. The molecule has 112 valence electrons. The summed E-state index contributed by atoms with van der Waals surface area (Å²) in [5, 5.41) is 0. The van der Waals surface area contributed by atoms with Gasteiger partial charge in [-0.15, -0.1) is 0 Å². The Hall–Kier alpha value is -2.22. The third-order valence-corrected chi connectivity index (χ3v) is 4.37. The monoisotopic (exact) mass is 292 g/mol. The molecule has 0 fully saturated rings. The molecule has 0 unspecified atom stereocenters. The molecule has 0 saturated carbocycles. The van der Waals surface area contributed by atoms with Gasteiger partial charge in [0.15, 0.2) is 5.78 Å². The van der Waals surface area contributed by atoms with Gasteiger partial charge >= 0.3 is 0 Å². The smallest absolute Gasteiger partial charge is 0.163 e. The van der Waals surface area contributed by atoms with Crippen LogP contribution in [0.3, 0.4) is 0 Å². The van der Waals surface area contributed by atoms with Crippen molar-refractivity contribution < 1.29 is 9.59 Å². The Bertz CT molecular complexity index is 683. The van der Waals surface area contributed by atoms with Crippen LogP contribution < -0.4 is 0 Å². The van der Waals surface area contributed by atoms with E-state index in [9.17, 15) is 9.59 Å². The van der Waals surface area contributed by atoms with Crippen molar-refractivity contribution in [3.8, 4) is 0 Å². The molecule has 6 rings (SSSR count). The first-order chi connectivity index (χ1) is 10.8. The summed E-state index contributed by atoms with van der Waals surface area (Å²) >= 11 is 0. The predicted octanol–water partition coefficient (Wildman–Crippen LogP) is 3.73. The average Bonchev–Trinajstić information content (AvgIpc) is 2.55. The molecule has 4 aliphatic carbocycles. The molecule has 4 bridgehead atoms. The normalized spacial score (nSPS) is 13.5. The van der Waals surface area contributed by atoms with Crippen LogP contribution in [0.2, 0.25) is 0 Å². The fraction of sp³-hybridized carbons (Fsp3) is 0.300. The van der Waals surface area contributed by atoms with E-state index in [1.807, 2.05) is 6.07 Å². The van der Waals surface area contributed by atoms with Crippen LogP contribution in [-0.2, 0) is 30.5 Å². The molecule has 0 radical (unpaired) electrons. The van der Waals surface area contributed by atoms with E-state index < -0.39 is 0 Å². The van der Waals surface area contributed by atoms with Gasteiger partial charge in [0.05, 0.1) is 0 Å². The molecule has 4 aliphatic rings. The van der Waals surface area contributed by atoms with E-state index in [1.54, 1.807) is 0 Å². The fourth-order valence-electron chi connectivity index (χ4n) is 3.02. The lowest BCUT2D eigenvalue weighted by atomic mass is 9.91. The van der Waals surface area contributed by atoms with Crippen molar-refractivity contribution in [3.63, 3.8) is 0 Å². The Morgan fingerprint density at radius 1 is 0.864 bits per heavy atom. The zero-order valence-electron chi connectivity index (χ0n) is 12.7. The molecule has 0 heterocycles. The number of Topliss-reactive ketones (excluding diaryl/α,β-unsaturated/α-hetero) is 1. The second-order valence-corrected chi connectivity index (χ2v) is 5.94. The summed E-state index contributed by atoms with van der Waals surface area (Å²) in [6.07, 6.45) is 5.17. The third kappa shape index (κ3) is 3.33. The lowest BCUT2D eigenvalue weighted by molar-refractivity contribution is -0.107. The molecule has 0 aromatic heterocycles. The molecular formula is C20H20O2. The zero-order chi connectivity index (χ0) is 15.4. The molecule has 0 spiro atoms. The second kappa shape index (κ2) is 6.69. The minimum atomic E-state index is 0.0925. The summed E-state index contributed by atoms with van der Waals surface area (Å²) < 4.78 is 0. The summed E-state index contributed by atoms with van der Waals surface area (Å²) in [6, 6.07) is 15.1. The number of carbonyl (C=O) groups is 2. The summed E-state index contributed by atoms with van der Waals surface area (Å²) in [6.45, 7) is 0. The first-order valence-electron chi connectivity index (χ1n) is 7.93. The van der Waals surface area contributed by atoms with Crippen molar-refractivity contribution in [2.45, 2.75) is 38.5 Å². The Balaban J connectivity index is 1.93. The van der Waals surface area contributed by atoms with Crippen molar-refractivity contribution in [2.75, 3.05) is 0 Å². The molecular weight excluding hydrogens is 272 g/mol. The molecule has 22 heavy (non-hydrogen) atoms. The lowest BCUT2D eigenvalue weighted by Gasteiger charge is -2.13. The quantitative estimate of drug-likeness (QED) is 0.635. The van der Waals surface area contributed by atoms with Gasteiger partial charge in [0, 0.05) is 18.4 Å². The number of ketones is 1. The van der Waals surface area contributed by atoms with Crippen molar-refractivity contribution >= 4 is 12.1 Å². The van der Waals surface area contributed by atoms with Crippen LogP contribution >= 0.6 is 0 Å². The van der Waals surface area contributed by atoms with Gasteiger partial charge < -0.3 is 4.79 Å². The standard InChI is InChI=1S/C20H20O2/c21-13-1-2-20(22)19-14-17-8-7-15-3-5-16(6-4-15)9-11-18(19)12-10-17/h3-6,10,12-14H,1-2,7-9,11H2. The molecule has 2 aromatic carbocycles.